The van der Waals surface area contributed by atoms with Crippen molar-refractivity contribution in [3.63, 3.8) is 0 Å². The summed E-state index contributed by atoms with van der Waals surface area (Å²) in [5.74, 6) is 0. The van der Waals surface area contributed by atoms with Crippen molar-refractivity contribution in [3.8, 4) is 0 Å². The number of allylic oxidation sites excluding steroid dienone is 1. The SMILES string of the molecule is CCCCCCNC1CCN(CC=C(C)C)CC1. The third-order valence-corrected chi connectivity index (χ3v) is 3.81. The van der Waals surface area contributed by atoms with Gasteiger partial charge in [0.25, 0.3) is 0 Å². The fourth-order valence-electron chi connectivity index (χ4n) is 2.49. The van der Waals surface area contributed by atoms with Gasteiger partial charge in [0.05, 0.1) is 0 Å². The van der Waals surface area contributed by atoms with Gasteiger partial charge >= 0.3 is 0 Å². The molecule has 1 rings (SSSR count). The van der Waals surface area contributed by atoms with Crippen LogP contribution in [0, 0.1) is 0 Å². The lowest BCUT2D eigenvalue weighted by Gasteiger charge is -2.31. The molecule has 1 aliphatic rings. The summed E-state index contributed by atoms with van der Waals surface area (Å²) in [6, 6.07) is 0.773. The zero-order valence-electron chi connectivity index (χ0n) is 12.7. The van der Waals surface area contributed by atoms with Crippen LogP contribution in [0.25, 0.3) is 0 Å². The Balaban J connectivity index is 2.03. The molecular weight excluding hydrogens is 220 g/mol. The molecule has 0 aromatic carbocycles. The summed E-state index contributed by atoms with van der Waals surface area (Å²) in [6.45, 7) is 11.5. The number of piperidine rings is 1. The van der Waals surface area contributed by atoms with Crippen LogP contribution in [0.4, 0.5) is 0 Å². The van der Waals surface area contributed by atoms with Crippen molar-refractivity contribution in [3.05, 3.63) is 11.6 Å². The molecule has 0 aromatic rings. The first-order valence-electron chi connectivity index (χ1n) is 7.81. The van der Waals surface area contributed by atoms with E-state index in [1.54, 1.807) is 0 Å². The van der Waals surface area contributed by atoms with Gasteiger partial charge in [-0.05, 0) is 52.7 Å². The summed E-state index contributed by atoms with van der Waals surface area (Å²) < 4.78 is 0. The largest absolute Gasteiger partial charge is 0.314 e. The van der Waals surface area contributed by atoms with E-state index in [0.717, 1.165) is 12.6 Å². The van der Waals surface area contributed by atoms with Crippen LogP contribution in [-0.2, 0) is 0 Å². The third kappa shape index (κ3) is 7.17. The first kappa shape index (κ1) is 15.7. The van der Waals surface area contributed by atoms with Gasteiger partial charge in [0.15, 0.2) is 0 Å². The Morgan fingerprint density at radius 3 is 2.50 bits per heavy atom. The van der Waals surface area contributed by atoms with Crippen LogP contribution in [0.1, 0.15) is 59.3 Å². The van der Waals surface area contributed by atoms with Crippen molar-refractivity contribution >= 4 is 0 Å². The van der Waals surface area contributed by atoms with Crippen molar-refractivity contribution in [1.82, 2.24) is 10.2 Å². The second-order valence-corrected chi connectivity index (χ2v) is 5.87. The highest BCUT2D eigenvalue weighted by Crippen LogP contribution is 2.10. The van der Waals surface area contributed by atoms with Gasteiger partial charge < -0.3 is 5.32 Å². The van der Waals surface area contributed by atoms with Crippen LogP contribution in [0.15, 0.2) is 11.6 Å². The maximum atomic E-state index is 3.72. The van der Waals surface area contributed by atoms with E-state index in [1.807, 2.05) is 0 Å². The molecule has 2 heteroatoms. The number of hydrogen-bond acceptors (Lipinski definition) is 2. The lowest BCUT2D eigenvalue weighted by molar-refractivity contribution is 0.214. The molecule has 0 atom stereocenters. The smallest absolute Gasteiger partial charge is 0.0165 e. The Labute approximate surface area is 114 Å². The van der Waals surface area contributed by atoms with E-state index in [0.29, 0.717) is 0 Å². The molecule has 2 nitrogen and oxygen atoms in total. The van der Waals surface area contributed by atoms with Gasteiger partial charge in [0.2, 0.25) is 0 Å². The highest BCUT2D eigenvalue weighted by Gasteiger charge is 2.17. The van der Waals surface area contributed by atoms with Gasteiger partial charge in [0, 0.05) is 12.6 Å². The fraction of sp³-hybridized carbons (Fsp3) is 0.875. The van der Waals surface area contributed by atoms with Crippen LogP contribution in [0.2, 0.25) is 0 Å². The van der Waals surface area contributed by atoms with E-state index in [9.17, 15) is 0 Å². The zero-order valence-corrected chi connectivity index (χ0v) is 12.7. The molecule has 0 aromatic heterocycles. The number of rotatable bonds is 8. The molecule has 1 aliphatic heterocycles. The average molecular weight is 252 g/mol. The van der Waals surface area contributed by atoms with Crippen LogP contribution in [0.5, 0.6) is 0 Å². The monoisotopic (exact) mass is 252 g/mol. The fourth-order valence-corrected chi connectivity index (χ4v) is 2.49. The predicted octanol–water partition coefficient (Wildman–Crippen LogP) is 3.59. The lowest BCUT2D eigenvalue weighted by Crippen LogP contribution is -2.42. The van der Waals surface area contributed by atoms with Gasteiger partial charge in [0.1, 0.15) is 0 Å². The van der Waals surface area contributed by atoms with Gasteiger partial charge in [-0.2, -0.15) is 0 Å². The summed E-state index contributed by atoms with van der Waals surface area (Å²) >= 11 is 0. The molecule has 106 valence electrons. The van der Waals surface area contributed by atoms with Crippen molar-refractivity contribution in [2.24, 2.45) is 0 Å². The van der Waals surface area contributed by atoms with Gasteiger partial charge in [-0.15, -0.1) is 0 Å². The van der Waals surface area contributed by atoms with Crippen LogP contribution >= 0.6 is 0 Å². The molecule has 0 spiro atoms. The molecule has 0 aliphatic carbocycles. The summed E-state index contributed by atoms with van der Waals surface area (Å²) in [6.07, 6.45) is 10.5. The maximum absolute atomic E-state index is 3.72. The number of hydrogen-bond donors (Lipinski definition) is 1. The molecule has 1 N–H and O–H groups in total. The number of unbranched alkanes of at least 4 members (excludes halogenated alkanes) is 3. The molecule has 0 radical (unpaired) electrons. The maximum Gasteiger partial charge on any atom is 0.0165 e. The van der Waals surface area contributed by atoms with E-state index in [4.69, 9.17) is 0 Å². The van der Waals surface area contributed by atoms with Crippen molar-refractivity contribution < 1.29 is 0 Å². The summed E-state index contributed by atoms with van der Waals surface area (Å²) in [4.78, 5) is 2.57. The quantitative estimate of drug-likeness (QED) is 0.524. The molecular formula is C16H32N2. The number of likely N-dealkylation sites (tertiary alicyclic amines) is 1. The first-order chi connectivity index (χ1) is 8.72. The normalized spacial score (nSPS) is 17.9. The molecule has 0 bridgehead atoms. The first-order valence-corrected chi connectivity index (χ1v) is 7.81. The molecule has 0 amide bonds. The molecule has 1 fully saturated rings. The van der Waals surface area contributed by atoms with Crippen molar-refractivity contribution in [1.29, 1.82) is 0 Å². The van der Waals surface area contributed by atoms with E-state index in [2.05, 4.69) is 37.1 Å². The molecule has 18 heavy (non-hydrogen) atoms. The van der Waals surface area contributed by atoms with E-state index in [-0.39, 0.29) is 0 Å². The summed E-state index contributed by atoms with van der Waals surface area (Å²) in [7, 11) is 0. The second-order valence-electron chi connectivity index (χ2n) is 5.87. The van der Waals surface area contributed by atoms with E-state index >= 15 is 0 Å². The molecule has 1 heterocycles. The molecule has 0 unspecified atom stereocenters. The van der Waals surface area contributed by atoms with Gasteiger partial charge in [-0.3, -0.25) is 4.90 Å². The lowest BCUT2D eigenvalue weighted by atomic mass is 10.0. The summed E-state index contributed by atoms with van der Waals surface area (Å²) in [5.41, 5.74) is 1.44. The molecule has 1 saturated heterocycles. The topological polar surface area (TPSA) is 15.3 Å². The standard InChI is InChI=1S/C16H32N2/c1-4-5-6-7-11-17-16-9-13-18(14-10-16)12-8-15(2)3/h8,16-17H,4-7,9-14H2,1-3H3. The Morgan fingerprint density at radius 1 is 1.17 bits per heavy atom. The minimum atomic E-state index is 0.773. The Bertz CT molecular complexity index is 223. The Morgan fingerprint density at radius 2 is 1.89 bits per heavy atom. The highest BCUT2D eigenvalue weighted by atomic mass is 15.1. The predicted molar refractivity (Wildman–Crippen MR) is 81.0 cm³/mol. The Kier molecular flexibility index (Phi) is 8.36. The van der Waals surface area contributed by atoms with Crippen molar-refractivity contribution in [2.75, 3.05) is 26.2 Å². The van der Waals surface area contributed by atoms with E-state index < -0.39 is 0 Å². The third-order valence-electron chi connectivity index (χ3n) is 3.81. The zero-order chi connectivity index (χ0) is 13.2. The second kappa shape index (κ2) is 9.57. The minimum absolute atomic E-state index is 0.773. The number of nitrogens with zero attached hydrogens (tertiary/aromatic N) is 1. The highest BCUT2D eigenvalue weighted by molar-refractivity contribution is 4.95. The van der Waals surface area contributed by atoms with Crippen LogP contribution in [0.3, 0.4) is 0 Å². The van der Waals surface area contributed by atoms with Crippen LogP contribution < -0.4 is 5.32 Å². The molecule has 0 saturated carbocycles. The summed E-state index contributed by atoms with van der Waals surface area (Å²) in [5, 5.41) is 3.72. The minimum Gasteiger partial charge on any atom is -0.314 e. The number of nitrogens with one attached hydrogen (secondary N) is 1. The van der Waals surface area contributed by atoms with Crippen LogP contribution in [-0.4, -0.2) is 37.1 Å². The Hall–Kier alpha value is -0.340. The van der Waals surface area contributed by atoms with Gasteiger partial charge in [-0.1, -0.05) is 37.8 Å². The van der Waals surface area contributed by atoms with Crippen molar-refractivity contribution in [2.45, 2.75) is 65.3 Å². The van der Waals surface area contributed by atoms with Gasteiger partial charge in [-0.25, -0.2) is 0 Å². The average Bonchev–Trinajstić information content (AvgIpc) is 2.37. The van der Waals surface area contributed by atoms with E-state index in [1.165, 1.54) is 63.7 Å².